The summed E-state index contributed by atoms with van der Waals surface area (Å²) in [7, 11) is 3.29. The first-order valence-corrected chi connectivity index (χ1v) is 16.8. The molecule has 0 bridgehead atoms. The number of carbonyl (C=O) groups excluding carboxylic acids is 1. The molecule has 5 nitrogen and oxygen atoms in total. The lowest BCUT2D eigenvalue weighted by molar-refractivity contribution is -0.938. The van der Waals surface area contributed by atoms with Crippen molar-refractivity contribution >= 4 is 21.8 Å². The largest absolute Gasteiger partial charge is 0.493 e. The van der Waals surface area contributed by atoms with Gasteiger partial charge in [-0.25, -0.2) is 0 Å². The molecule has 0 saturated carbocycles. The maximum atomic E-state index is 14.4. The monoisotopic (exact) mass is 671 g/mol. The minimum atomic E-state index is -0.297. The van der Waals surface area contributed by atoms with Crippen molar-refractivity contribution < 1.29 is 18.8 Å². The molecule has 0 heterocycles. The van der Waals surface area contributed by atoms with Crippen molar-refractivity contribution in [2.75, 3.05) is 40.4 Å². The summed E-state index contributed by atoms with van der Waals surface area (Å²) in [6, 6.07) is 30.5. The molecule has 0 spiro atoms. The van der Waals surface area contributed by atoms with E-state index >= 15 is 0 Å². The molecule has 0 saturated heterocycles. The van der Waals surface area contributed by atoms with Crippen LogP contribution >= 0.6 is 15.9 Å². The summed E-state index contributed by atoms with van der Waals surface area (Å²) in [4.78, 5) is 16.4. The highest BCUT2D eigenvalue weighted by molar-refractivity contribution is 9.10. The molecule has 6 heteroatoms. The summed E-state index contributed by atoms with van der Waals surface area (Å²) >= 11 is 3.53. The van der Waals surface area contributed by atoms with E-state index in [1.54, 1.807) is 14.2 Å². The van der Waals surface area contributed by atoms with Crippen LogP contribution in [0.5, 0.6) is 11.5 Å². The molecule has 0 fully saturated rings. The molecule has 1 atom stereocenters. The number of hydrogen-bond donors (Lipinski definition) is 0. The Labute approximate surface area is 278 Å². The summed E-state index contributed by atoms with van der Waals surface area (Å²) in [6.45, 7) is 13.8. The lowest BCUT2D eigenvalue weighted by atomic mass is 9.95. The Bertz CT molecular complexity index is 1510. The Kier molecular flexibility index (Phi) is 12.3. The molecule has 0 aromatic heterocycles. The van der Waals surface area contributed by atoms with Gasteiger partial charge in [0.2, 0.25) is 0 Å². The fraction of sp³-hybridized carbons (Fsp3) is 0.359. The first-order valence-electron chi connectivity index (χ1n) is 16.0. The maximum absolute atomic E-state index is 14.4. The number of nitrogens with zero attached hydrogens (tertiary/aromatic N) is 2. The third-order valence-corrected chi connectivity index (χ3v) is 9.45. The first kappa shape index (κ1) is 34.3. The number of quaternary nitrogens is 1. The Morgan fingerprint density at radius 2 is 1.42 bits per heavy atom. The average Bonchev–Trinajstić information content (AvgIpc) is 3.05. The summed E-state index contributed by atoms with van der Waals surface area (Å²) in [6.07, 6.45) is 1.91. The van der Waals surface area contributed by atoms with Gasteiger partial charge in [0, 0.05) is 22.1 Å². The van der Waals surface area contributed by atoms with Crippen LogP contribution in [-0.2, 0) is 6.54 Å². The topological polar surface area (TPSA) is 38.8 Å². The Morgan fingerprint density at radius 3 is 2.02 bits per heavy atom. The summed E-state index contributed by atoms with van der Waals surface area (Å²) in [5.74, 6) is 1.32. The Morgan fingerprint density at radius 1 is 0.778 bits per heavy atom. The number of benzene rings is 4. The second kappa shape index (κ2) is 16.1. The number of rotatable bonds is 15. The van der Waals surface area contributed by atoms with Crippen LogP contribution in [0.2, 0.25) is 0 Å². The zero-order valence-electron chi connectivity index (χ0n) is 27.7. The number of unbranched alkanes of at least 4 members (excludes halogenated alkanes) is 1. The number of methoxy groups -OCH3 is 2. The number of carbonyl (C=O) groups is 1. The molecule has 0 aliphatic heterocycles. The fourth-order valence-corrected chi connectivity index (χ4v) is 6.70. The molecular weight excluding hydrogens is 624 g/mol. The molecule has 4 rings (SSSR count). The van der Waals surface area contributed by atoms with E-state index in [4.69, 9.17) is 9.47 Å². The van der Waals surface area contributed by atoms with Crippen LogP contribution in [0.1, 0.15) is 70.9 Å². The number of hydrogen-bond acceptors (Lipinski definition) is 3. The molecule has 1 unspecified atom stereocenters. The van der Waals surface area contributed by atoms with Gasteiger partial charge in [0.1, 0.15) is 6.54 Å². The van der Waals surface area contributed by atoms with Crippen molar-refractivity contribution in [3.63, 3.8) is 0 Å². The molecule has 0 radical (unpaired) electrons. The van der Waals surface area contributed by atoms with Crippen LogP contribution in [0.15, 0.2) is 95.5 Å². The van der Waals surface area contributed by atoms with Gasteiger partial charge < -0.3 is 18.9 Å². The van der Waals surface area contributed by atoms with Crippen LogP contribution in [0, 0.1) is 13.8 Å². The quantitative estimate of drug-likeness (QED) is 0.0934. The second-order valence-corrected chi connectivity index (χ2v) is 12.9. The van der Waals surface area contributed by atoms with Crippen LogP contribution < -0.4 is 9.47 Å². The Balaban J connectivity index is 1.65. The third kappa shape index (κ3) is 8.77. The molecule has 0 N–H and O–H groups in total. The van der Waals surface area contributed by atoms with E-state index in [1.165, 1.54) is 16.7 Å². The van der Waals surface area contributed by atoms with Gasteiger partial charge in [-0.1, -0.05) is 81.7 Å². The van der Waals surface area contributed by atoms with Crippen LogP contribution in [0.25, 0.3) is 0 Å². The normalized spacial score (nSPS) is 12.1. The van der Waals surface area contributed by atoms with E-state index in [1.807, 2.05) is 65.6 Å². The minimum absolute atomic E-state index is 0.00751. The van der Waals surface area contributed by atoms with Crippen LogP contribution in [-0.4, -0.2) is 55.7 Å². The number of aryl methyl sites for hydroxylation is 2. The second-order valence-electron chi connectivity index (χ2n) is 12.0. The van der Waals surface area contributed by atoms with Gasteiger partial charge in [0.15, 0.2) is 11.5 Å². The molecule has 4 aromatic carbocycles. The first-order chi connectivity index (χ1) is 21.7. The predicted octanol–water partition coefficient (Wildman–Crippen LogP) is 9.15. The summed E-state index contributed by atoms with van der Waals surface area (Å²) < 4.78 is 13.2. The van der Waals surface area contributed by atoms with E-state index in [9.17, 15) is 4.79 Å². The molecular formula is C39H48BrN2O3+. The molecule has 0 aliphatic carbocycles. The van der Waals surface area contributed by atoms with Gasteiger partial charge in [-0.15, -0.1) is 0 Å². The van der Waals surface area contributed by atoms with Crippen molar-refractivity contribution in [3.05, 3.63) is 129 Å². The van der Waals surface area contributed by atoms with Gasteiger partial charge in [-0.05, 0) is 88.1 Å². The van der Waals surface area contributed by atoms with Gasteiger partial charge in [0.05, 0.1) is 39.9 Å². The predicted molar refractivity (Wildman–Crippen MR) is 188 cm³/mol. The van der Waals surface area contributed by atoms with Gasteiger partial charge in [-0.3, -0.25) is 4.79 Å². The zero-order valence-corrected chi connectivity index (χ0v) is 29.3. The van der Waals surface area contributed by atoms with E-state index in [-0.39, 0.29) is 11.9 Å². The maximum Gasteiger partial charge on any atom is 0.254 e. The van der Waals surface area contributed by atoms with Crippen molar-refractivity contribution in [1.82, 2.24) is 4.90 Å². The summed E-state index contributed by atoms with van der Waals surface area (Å²) in [5.41, 5.74) is 6.74. The standard InChI is InChI=1S/C39H48BrN2O3/c1-7-42(8-2,28-31-25-29(3)24-30(4)26-31)23-13-12-22-41(39(43)33-16-19-35(40)20-17-33)38(32-14-10-9-11-15-32)34-18-21-36(44-5)37(27-34)45-6/h9-11,14-21,24-27,38H,7-8,12-13,22-23,28H2,1-6H3/q+1. The van der Waals surface area contributed by atoms with Gasteiger partial charge in [-0.2, -0.15) is 0 Å². The van der Waals surface area contributed by atoms with Crippen LogP contribution in [0.4, 0.5) is 0 Å². The minimum Gasteiger partial charge on any atom is -0.493 e. The van der Waals surface area contributed by atoms with Crippen LogP contribution in [0.3, 0.4) is 0 Å². The van der Waals surface area contributed by atoms with Crippen molar-refractivity contribution in [2.24, 2.45) is 0 Å². The van der Waals surface area contributed by atoms with Gasteiger partial charge in [0.25, 0.3) is 5.91 Å². The van der Waals surface area contributed by atoms with Crippen molar-refractivity contribution in [2.45, 2.75) is 53.1 Å². The highest BCUT2D eigenvalue weighted by atomic mass is 79.9. The SMILES string of the molecule is CC[N+](CC)(CCCCN(C(=O)c1ccc(Br)cc1)C(c1ccccc1)c1ccc(OC)c(OC)c1)Cc1cc(C)cc(C)c1. The smallest absolute Gasteiger partial charge is 0.254 e. The number of amides is 1. The third-order valence-electron chi connectivity index (χ3n) is 8.92. The molecule has 238 valence electrons. The van der Waals surface area contributed by atoms with Gasteiger partial charge >= 0.3 is 0 Å². The average molecular weight is 673 g/mol. The molecule has 0 aliphatic rings. The summed E-state index contributed by atoms with van der Waals surface area (Å²) in [5, 5.41) is 0. The number of halogens is 1. The van der Waals surface area contributed by atoms with E-state index in [2.05, 4.69) is 74.0 Å². The number of ether oxygens (including phenoxy) is 2. The zero-order chi connectivity index (χ0) is 32.4. The Hall–Kier alpha value is -3.61. The lowest BCUT2D eigenvalue weighted by Crippen LogP contribution is -2.47. The molecule has 45 heavy (non-hydrogen) atoms. The fourth-order valence-electron chi connectivity index (χ4n) is 6.44. The van der Waals surface area contributed by atoms with E-state index < -0.39 is 0 Å². The highest BCUT2D eigenvalue weighted by Gasteiger charge is 2.29. The highest BCUT2D eigenvalue weighted by Crippen LogP contribution is 2.36. The van der Waals surface area contributed by atoms with Crippen molar-refractivity contribution in [1.29, 1.82) is 0 Å². The molecule has 4 aromatic rings. The molecule has 1 amide bonds. The lowest BCUT2D eigenvalue weighted by Gasteiger charge is -2.38. The van der Waals surface area contributed by atoms with E-state index in [0.29, 0.717) is 23.6 Å². The van der Waals surface area contributed by atoms with E-state index in [0.717, 1.165) is 59.1 Å². The van der Waals surface area contributed by atoms with Crippen molar-refractivity contribution in [3.8, 4) is 11.5 Å².